The zero-order valence-corrected chi connectivity index (χ0v) is 14.2. The molecule has 2 aromatic rings. The van der Waals surface area contributed by atoms with Crippen LogP contribution in [0.3, 0.4) is 0 Å². The van der Waals surface area contributed by atoms with Gasteiger partial charge in [-0.25, -0.2) is 4.39 Å². The van der Waals surface area contributed by atoms with E-state index in [0.29, 0.717) is 20.7 Å². The molecule has 0 spiro atoms. The Morgan fingerprint density at radius 2 is 1.90 bits per heavy atom. The van der Waals surface area contributed by atoms with E-state index in [4.69, 9.17) is 11.6 Å². The Hall–Kier alpha value is -1.04. The highest BCUT2D eigenvalue weighted by Crippen LogP contribution is 2.26. The fraction of sp³-hybridized carbons (Fsp3) is 0.133. The van der Waals surface area contributed by atoms with Crippen molar-refractivity contribution in [1.82, 2.24) is 0 Å². The minimum atomic E-state index is -1.09. The van der Waals surface area contributed by atoms with Crippen molar-refractivity contribution < 1.29 is 13.4 Å². The summed E-state index contributed by atoms with van der Waals surface area (Å²) < 4.78 is 25.3. The molecule has 0 aliphatic heterocycles. The predicted molar refractivity (Wildman–Crippen MR) is 85.9 cm³/mol. The van der Waals surface area contributed by atoms with Gasteiger partial charge in [-0.15, -0.1) is 0 Å². The normalized spacial score (nSPS) is 12.2. The summed E-state index contributed by atoms with van der Waals surface area (Å²) in [4.78, 5) is 13.1. The molecule has 110 valence electrons. The lowest BCUT2D eigenvalue weighted by Crippen LogP contribution is -2.05. The lowest BCUT2D eigenvalue weighted by molar-refractivity contribution is 0.103. The van der Waals surface area contributed by atoms with Crippen LogP contribution in [0.2, 0.25) is 5.02 Å². The number of carbonyl (C=O) groups is 1. The van der Waals surface area contributed by atoms with E-state index in [2.05, 4.69) is 15.9 Å². The first-order valence-corrected chi connectivity index (χ1v) is 8.60. The molecular weight excluding hydrogens is 379 g/mol. The maximum absolute atomic E-state index is 13.0. The highest BCUT2D eigenvalue weighted by Gasteiger charge is 2.17. The molecule has 0 bridgehead atoms. The van der Waals surface area contributed by atoms with Crippen LogP contribution >= 0.6 is 27.5 Å². The standard InChI is InChI=1S/C15H11BrClFO2S/c1-2-21(20)10-4-6-11(13(16)8-10)15(19)12-5-3-9(18)7-14(12)17/h3-8H,2H2,1H3. The SMILES string of the molecule is CCS(=O)c1ccc(C(=O)c2ccc(F)cc2Cl)c(Br)c1. The van der Waals surface area contributed by atoms with Crippen LogP contribution in [0, 0.1) is 5.82 Å². The first-order chi connectivity index (χ1) is 9.93. The van der Waals surface area contributed by atoms with Gasteiger partial charge in [0.25, 0.3) is 0 Å². The molecule has 0 aliphatic rings. The molecule has 0 aliphatic carbocycles. The molecular formula is C15H11BrClFO2S. The van der Waals surface area contributed by atoms with Crippen LogP contribution < -0.4 is 0 Å². The molecule has 0 N–H and O–H groups in total. The van der Waals surface area contributed by atoms with Gasteiger partial charge >= 0.3 is 0 Å². The van der Waals surface area contributed by atoms with Gasteiger partial charge in [0, 0.05) is 26.2 Å². The van der Waals surface area contributed by atoms with Crippen molar-refractivity contribution >= 4 is 44.1 Å². The van der Waals surface area contributed by atoms with Crippen LogP contribution in [0.4, 0.5) is 4.39 Å². The minimum absolute atomic E-state index is 0.0631. The van der Waals surface area contributed by atoms with Crippen LogP contribution in [0.25, 0.3) is 0 Å². The van der Waals surface area contributed by atoms with Crippen LogP contribution in [-0.2, 0) is 10.8 Å². The molecule has 0 aromatic heterocycles. The van der Waals surface area contributed by atoms with Gasteiger partial charge in [-0.2, -0.15) is 0 Å². The zero-order chi connectivity index (χ0) is 15.6. The fourth-order valence-electron chi connectivity index (χ4n) is 1.81. The van der Waals surface area contributed by atoms with E-state index < -0.39 is 16.6 Å². The van der Waals surface area contributed by atoms with Crippen LogP contribution in [0.1, 0.15) is 22.8 Å². The molecule has 0 radical (unpaired) electrons. The van der Waals surface area contributed by atoms with E-state index in [0.717, 1.165) is 6.07 Å². The molecule has 0 saturated carbocycles. The van der Waals surface area contributed by atoms with E-state index in [1.54, 1.807) is 18.2 Å². The van der Waals surface area contributed by atoms with Crippen LogP contribution in [-0.4, -0.2) is 15.7 Å². The Morgan fingerprint density at radius 1 is 1.24 bits per heavy atom. The van der Waals surface area contributed by atoms with Crippen molar-refractivity contribution in [2.45, 2.75) is 11.8 Å². The number of ketones is 1. The summed E-state index contributed by atoms with van der Waals surface area (Å²) in [5, 5.41) is 0.0631. The molecule has 0 heterocycles. The summed E-state index contributed by atoms with van der Waals surface area (Å²) in [5.41, 5.74) is 0.614. The second-order valence-corrected chi connectivity index (χ2v) is 7.23. The van der Waals surface area contributed by atoms with Crippen molar-refractivity contribution in [3.8, 4) is 0 Å². The number of hydrogen-bond donors (Lipinski definition) is 0. The first-order valence-electron chi connectivity index (χ1n) is 6.11. The maximum atomic E-state index is 13.0. The minimum Gasteiger partial charge on any atom is -0.289 e. The Morgan fingerprint density at radius 3 is 2.48 bits per heavy atom. The second kappa shape index (κ2) is 6.81. The van der Waals surface area contributed by atoms with Gasteiger partial charge < -0.3 is 0 Å². The summed E-state index contributed by atoms with van der Waals surface area (Å²) in [6.07, 6.45) is 0. The number of rotatable bonds is 4. The molecule has 2 aromatic carbocycles. The molecule has 21 heavy (non-hydrogen) atoms. The lowest BCUT2D eigenvalue weighted by Gasteiger charge is -2.08. The molecule has 2 nitrogen and oxygen atoms in total. The van der Waals surface area contributed by atoms with Gasteiger partial charge in [0.05, 0.1) is 15.8 Å². The van der Waals surface area contributed by atoms with Gasteiger partial charge in [0.15, 0.2) is 5.78 Å². The highest BCUT2D eigenvalue weighted by atomic mass is 79.9. The average molecular weight is 390 g/mol. The Bertz CT molecular complexity index is 734. The highest BCUT2D eigenvalue weighted by molar-refractivity contribution is 9.10. The molecule has 0 amide bonds. The quantitative estimate of drug-likeness (QED) is 0.716. The summed E-state index contributed by atoms with van der Waals surface area (Å²) in [6.45, 7) is 1.82. The number of hydrogen-bond acceptors (Lipinski definition) is 2. The van der Waals surface area contributed by atoms with Gasteiger partial charge in [-0.1, -0.05) is 18.5 Å². The van der Waals surface area contributed by atoms with Crippen LogP contribution in [0.15, 0.2) is 45.8 Å². The molecule has 2 rings (SSSR count). The van der Waals surface area contributed by atoms with E-state index in [1.165, 1.54) is 12.1 Å². The molecule has 6 heteroatoms. The molecule has 0 saturated heterocycles. The van der Waals surface area contributed by atoms with Gasteiger partial charge in [-0.05, 0) is 52.3 Å². The Balaban J connectivity index is 2.42. The van der Waals surface area contributed by atoms with Gasteiger partial charge in [-0.3, -0.25) is 9.00 Å². The van der Waals surface area contributed by atoms with Crippen molar-refractivity contribution in [3.63, 3.8) is 0 Å². The van der Waals surface area contributed by atoms with Crippen LogP contribution in [0.5, 0.6) is 0 Å². The topological polar surface area (TPSA) is 34.1 Å². The van der Waals surface area contributed by atoms with Crippen molar-refractivity contribution in [3.05, 3.63) is 62.8 Å². The monoisotopic (exact) mass is 388 g/mol. The fourth-order valence-corrected chi connectivity index (χ4v) is 3.57. The maximum Gasteiger partial charge on any atom is 0.195 e. The number of carbonyl (C=O) groups excluding carboxylic acids is 1. The largest absolute Gasteiger partial charge is 0.289 e. The summed E-state index contributed by atoms with van der Waals surface area (Å²) in [5.74, 6) is -0.311. The van der Waals surface area contributed by atoms with E-state index in [1.807, 2.05) is 6.92 Å². The summed E-state index contributed by atoms with van der Waals surface area (Å²) in [7, 11) is -1.09. The number of benzene rings is 2. The van der Waals surface area contributed by atoms with Crippen molar-refractivity contribution in [1.29, 1.82) is 0 Å². The van der Waals surface area contributed by atoms with Gasteiger partial charge in [0.2, 0.25) is 0 Å². The Kier molecular flexibility index (Phi) is 5.30. The second-order valence-electron chi connectivity index (χ2n) is 4.23. The Labute approximate surface area is 137 Å². The zero-order valence-electron chi connectivity index (χ0n) is 11.0. The third-order valence-corrected chi connectivity index (χ3v) is 5.16. The molecule has 0 fully saturated rings. The van der Waals surface area contributed by atoms with Crippen molar-refractivity contribution in [2.24, 2.45) is 0 Å². The average Bonchev–Trinajstić information content (AvgIpc) is 2.45. The van der Waals surface area contributed by atoms with Crippen molar-refractivity contribution in [2.75, 3.05) is 5.75 Å². The molecule has 1 atom stereocenters. The first kappa shape index (κ1) is 16.3. The van der Waals surface area contributed by atoms with Gasteiger partial charge in [0.1, 0.15) is 5.82 Å². The van der Waals surface area contributed by atoms with E-state index >= 15 is 0 Å². The third-order valence-electron chi connectivity index (χ3n) is 2.89. The molecule has 1 unspecified atom stereocenters. The predicted octanol–water partition coefficient (Wildman–Crippen LogP) is 4.60. The third kappa shape index (κ3) is 3.59. The summed E-state index contributed by atoms with van der Waals surface area (Å²) >= 11 is 9.22. The smallest absolute Gasteiger partial charge is 0.195 e. The summed E-state index contributed by atoms with van der Waals surface area (Å²) in [6, 6.07) is 8.54. The lowest BCUT2D eigenvalue weighted by atomic mass is 10.0. The van der Waals surface area contributed by atoms with E-state index in [-0.39, 0.29) is 16.4 Å². The van der Waals surface area contributed by atoms with E-state index in [9.17, 15) is 13.4 Å². The number of halogens is 3.